The minimum Gasteiger partial charge on any atom is -0.453 e. The number of ether oxygens (including phenoxy) is 3. The molecule has 0 spiro atoms. The summed E-state index contributed by atoms with van der Waals surface area (Å²) < 4.78 is 56.9. The number of alkyl carbamates (subject to hydrolysis) is 1. The van der Waals surface area contributed by atoms with Gasteiger partial charge in [0.05, 0.1) is 66.7 Å². The number of halogens is 3. The number of alkyl halides is 3. The van der Waals surface area contributed by atoms with Crippen LogP contribution in [0, 0.1) is 11.8 Å². The molecule has 6 heterocycles. The molecule has 70 heavy (non-hydrogen) atoms. The number of methoxy groups -OCH3 is 2. The summed E-state index contributed by atoms with van der Waals surface area (Å²) in [5, 5.41) is 6.01. The molecule has 18 heteroatoms. The molecule has 4 N–H and O–H groups in total. The average Bonchev–Trinajstić information content (AvgIpc) is 4.07. The number of anilines is 1. The van der Waals surface area contributed by atoms with Crippen molar-refractivity contribution >= 4 is 23.6 Å². The van der Waals surface area contributed by atoms with Crippen LogP contribution in [0.3, 0.4) is 0 Å². The summed E-state index contributed by atoms with van der Waals surface area (Å²) in [6.07, 6.45) is 2.50. The molecular formula is C52H62F3N9O6. The minimum absolute atomic E-state index is 0.0102. The van der Waals surface area contributed by atoms with Crippen molar-refractivity contribution in [2.24, 2.45) is 11.8 Å². The Balaban J connectivity index is 0.917. The fourth-order valence-electron chi connectivity index (χ4n) is 10.5. The maximum Gasteiger partial charge on any atom is 0.416 e. The van der Waals surface area contributed by atoms with Crippen LogP contribution in [-0.2, 0) is 30.0 Å². The Bertz CT molecular complexity index is 2620. The number of carbonyl (C=O) groups is 3. The first kappa shape index (κ1) is 48.8. The van der Waals surface area contributed by atoms with Crippen LogP contribution in [0.2, 0.25) is 0 Å². The molecule has 3 aromatic carbocycles. The summed E-state index contributed by atoms with van der Waals surface area (Å²) in [4.78, 5) is 62.0. The number of imidazole rings is 2. The van der Waals surface area contributed by atoms with Crippen molar-refractivity contribution in [3.63, 3.8) is 0 Å². The van der Waals surface area contributed by atoms with Crippen molar-refractivity contribution in [3.8, 4) is 22.5 Å². The molecule has 15 nitrogen and oxygen atoms in total. The fraction of sp³-hybridized carbons (Fsp3) is 0.481. The Morgan fingerprint density at radius 3 is 1.60 bits per heavy atom. The van der Waals surface area contributed by atoms with E-state index in [0.717, 1.165) is 90.1 Å². The molecule has 3 amide bonds. The number of hydrogen-bond donors (Lipinski definition) is 4. The highest BCUT2D eigenvalue weighted by Gasteiger charge is 2.45. The molecule has 4 aliphatic heterocycles. The van der Waals surface area contributed by atoms with Crippen molar-refractivity contribution in [1.82, 2.24) is 40.4 Å². The molecule has 0 saturated carbocycles. The Morgan fingerprint density at radius 1 is 0.686 bits per heavy atom. The number of hydrogen-bond acceptors (Lipinski definition) is 10. The Morgan fingerprint density at radius 2 is 1.17 bits per heavy atom. The molecule has 8 atom stereocenters. The van der Waals surface area contributed by atoms with Crippen LogP contribution in [0.1, 0.15) is 119 Å². The second-order valence-electron chi connectivity index (χ2n) is 19.5. The molecule has 0 bridgehead atoms. The largest absolute Gasteiger partial charge is 0.453 e. The quantitative estimate of drug-likeness (QED) is 0.0741. The van der Waals surface area contributed by atoms with E-state index in [0.29, 0.717) is 24.6 Å². The SMILES string of the molecule is COC(=O)N[C@H](C(=O)N1CCC[C@H]1c1ncc(-c2ccc([C@H]3CC[C@@H](c4ccc(-c5cnc([C@@H]6CCCN6C(=O)[C@@H](NC6OC6OC)C(C)C)[nH]5)cc4)N3c3ccc(C(F)(F)F)cc3)cc2)[nH]1)C(C)C. The standard InChI is InChI=1S/C52H62F3N9O6/c1-29(2)43(60-47-50(68-5)70-47)48(65)62-25-7-9-41(62)45-56-27-37(58-45)31-11-15-33(16-12-31)39-23-24-40(64(39)36-21-19-35(20-22-36)52(53,54)55)34-17-13-32(14-18-34)38-28-57-46(59-38)42-10-8-26-63(42)49(66)44(30(3)4)61-51(67)69-6/h11-22,27-30,39-44,47,50,60H,7-10,23-26H2,1-6H3,(H,56,58)(H,57,59)(H,61,67)/t39-,40+,41-,42-,43-,44-,47?,50?/m0/s1. The second kappa shape index (κ2) is 20.2. The number of carbonyl (C=O) groups excluding carboxylic acids is 3. The maximum atomic E-state index is 13.9. The molecule has 0 aliphatic carbocycles. The number of nitrogens with one attached hydrogen (secondary N) is 4. The third kappa shape index (κ3) is 10.0. The summed E-state index contributed by atoms with van der Waals surface area (Å²) in [7, 11) is 2.85. The first-order valence-electron chi connectivity index (χ1n) is 24.3. The van der Waals surface area contributed by atoms with E-state index in [1.165, 1.54) is 7.11 Å². The summed E-state index contributed by atoms with van der Waals surface area (Å²) in [6.45, 7) is 8.96. The highest BCUT2D eigenvalue weighted by atomic mass is 19.4. The van der Waals surface area contributed by atoms with E-state index in [1.54, 1.807) is 36.5 Å². The first-order chi connectivity index (χ1) is 33.6. The predicted octanol–water partition coefficient (Wildman–Crippen LogP) is 9.22. The van der Waals surface area contributed by atoms with Gasteiger partial charge in [-0.15, -0.1) is 0 Å². The zero-order valence-corrected chi connectivity index (χ0v) is 40.3. The molecule has 0 radical (unpaired) electrons. The van der Waals surface area contributed by atoms with Gasteiger partial charge in [-0.3, -0.25) is 14.9 Å². The molecule has 9 rings (SSSR count). The molecular weight excluding hydrogens is 904 g/mol. The van der Waals surface area contributed by atoms with E-state index in [4.69, 9.17) is 24.2 Å². The van der Waals surface area contributed by atoms with Crippen LogP contribution in [0.15, 0.2) is 85.2 Å². The van der Waals surface area contributed by atoms with Crippen molar-refractivity contribution in [3.05, 3.63) is 114 Å². The molecule has 372 valence electrons. The van der Waals surface area contributed by atoms with E-state index in [-0.39, 0.29) is 60.3 Å². The summed E-state index contributed by atoms with van der Waals surface area (Å²) >= 11 is 0. The molecule has 4 saturated heterocycles. The van der Waals surface area contributed by atoms with Gasteiger partial charge in [-0.25, -0.2) is 14.8 Å². The van der Waals surface area contributed by atoms with Crippen LogP contribution in [0.4, 0.5) is 23.7 Å². The number of likely N-dealkylation sites (tertiary alicyclic amines) is 2. The Hall–Kier alpha value is -6.24. The third-order valence-electron chi connectivity index (χ3n) is 14.3. The van der Waals surface area contributed by atoms with Gasteiger partial charge >= 0.3 is 12.3 Å². The highest BCUT2D eigenvalue weighted by Crippen LogP contribution is 2.48. The second-order valence-corrected chi connectivity index (χ2v) is 19.5. The van der Waals surface area contributed by atoms with Gasteiger partial charge in [0.15, 0.2) is 12.5 Å². The lowest BCUT2D eigenvalue weighted by molar-refractivity contribution is -0.138. The van der Waals surface area contributed by atoms with Crippen LogP contribution >= 0.6 is 0 Å². The van der Waals surface area contributed by atoms with Gasteiger partial charge in [0.1, 0.15) is 17.7 Å². The lowest BCUT2D eigenvalue weighted by Crippen LogP contribution is -2.51. The zero-order valence-electron chi connectivity index (χ0n) is 40.3. The number of amides is 3. The number of benzene rings is 3. The maximum absolute atomic E-state index is 13.9. The third-order valence-corrected chi connectivity index (χ3v) is 14.3. The monoisotopic (exact) mass is 965 g/mol. The van der Waals surface area contributed by atoms with Crippen LogP contribution < -0.4 is 15.5 Å². The van der Waals surface area contributed by atoms with Gasteiger partial charge in [-0.2, -0.15) is 13.2 Å². The van der Waals surface area contributed by atoms with Gasteiger partial charge in [0, 0.05) is 25.9 Å². The Labute approximate surface area is 405 Å². The molecule has 2 unspecified atom stereocenters. The van der Waals surface area contributed by atoms with Crippen molar-refractivity contribution in [2.45, 2.75) is 121 Å². The molecule has 5 aromatic rings. The van der Waals surface area contributed by atoms with Crippen molar-refractivity contribution in [1.29, 1.82) is 0 Å². The average molecular weight is 966 g/mol. The summed E-state index contributed by atoms with van der Waals surface area (Å²) in [5.74, 6) is 1.11. The van der Waals surface area contributed by atoms with Crippen LogP contribution in [0.5, 0.6) is 0 Å². The van der Waals surface area contributed by atoms with E-state index >= 15 is 0 Å². The molecule has 4 aliphatic rings. The number of aromatic amines is 2. The van der Waals surface area contributed by atoms with E-state index in [2.05, 4.69) is 49.8 Å². The number of rotatable bonds is 15. The fourth-order valence-corrected chi connectivity index (χ4v) is 10.5. The topological polar surface area (TPSA) is 173 Å². The van der Waals surface area contributed by atoms with Gasteiger partial charge in [0.25, 0.3) is 0 Å². The summed E-state index contributed by atoms with van der Waals surface area (Å²) in [5.41, 5.74) is 5.47. The number of epoxide rings is 1. The van der Waals surface area contributed by atoms with Crippen molar-refractivity contribution in [2.75, 3.05) is 32.2 Å². The minimum atomic E-state index is -4.46. The van der Waals surface area contributed by atoms with E-state index in [9.17, 15) is 27.6 Å². The van der Waals surface area contributed by atoms with E-state index in [1.807, 2.05) is 56.9 Å². The smallest absolute Gasteiger partial charge is 0.416 e. The predicted molar refractivity (Wildman–Crippen MR) is 256 cm³/mol. The molecule has 4 fully saturated rings. The van der Waals surface area contributed by atoms with Gasteiger partial charge in [-0.05, 0) is 96.9 Å². The van der Waals surface area contributed by atoms with Crippen LogP contribution in [-0.4, -0.2) is 99.6 Å². The highest BCUT2D eigenvalue weighted by molar-refractivity contribution is 5.86. The Kier molecular flexibility index (Phi) is 14.1. The van der Waals surface area contributed by atoms with Crippen molar-refractivity contribution < 1.29 is 41.8 Å². The molecule has 2 aromatic heterocycles. The number of nitrogens with zero attached hydrogens (tertiary/aromatic N) is 5. The van der Waals surface area contributed by atoms with Gasteiger partial charge in [-0.1, -0.05) is 76.2 Å². The normalized spacial score (nSPS) is 23.3. The first-order valence-corrected chi connectivity index (χ1v) is 24.3. The van der Waals surface area contributed by atoms with Crippen LogP contribution in [0.25, 0.3) is 22.5 Å². The zero-order chi connectivity index (χ0) is 49.4. The van der Waals surface area contributed by atoms with Gasteiger partial charge in [0.2, 0.25) is 11.8 Å². The summed E-state index contributed by atoms with van der Waals surface area (Å²) in [6, 6.07) is 19.9. The van der Waals surface area contributed by atoms with E-state index < -0.39 is 29.9 Å². The number of aromatic nitrogens is 4. The van der Waals surface area contributed by atoms with Gasteiger partial charge < -0.3 is 44.2 Å². The lowest BCUT2D eigenvalue weighted by atomic mass is 10.0. The lowest BCUT2D eigenvalue weighted by Gasteiger charge is -2.33. The number of H-pyrrole nitrogens is 2.